The molecule has 0 bridgehead atoms. The minimum Gasteiger partial charge on any atom is -0.496 e. The molecule has 1 fully saturated rings. The van der Waals surface area contributed by atoms with Crippen LogP contribution in [-0.4, -0.2) is 57.1 Å². The fourth-order valence-corrected chi connectivity index (χ4v) is 2.90. The van der Waals surface area contributed by atoms with Crippen molar-refractivity contribution in [1.29, 1.82) is 0 Å². The number of amides is 1. The molecule has 126 valence electrons. The number of benzene rings is 1. The number of hydrogen-bond donors (Lipinski definition) is 1. The summed E-state index contributed by atoms with van der Waals surface area (Å²) in [4.78, 5) is 25.5. The van der Waals surface area contributed by atoms with Crippen molar-refractivity contribution in [3.63, 3.8) is 0 Å². The Labute approximate surface area is 138 Å². The molecule has 1 aliphatic rings. The van der Waals surface area contributed by atoms with E-state index in [1.807, 2.05) is 6.07 Å². The maximum absolute atomic E-state index is 12.8. The number of nitrogens with zero attached hydrogens (tertiary/aromatic N) is 4. The van der Waals surface area contributed by atoms with E-state index >= 15 is 0 Å². The quantitative estimate of drug-likeness (QED) is 0.911. The molecule has 0 spiro atoms. The summed E-state index contributed by atoms with van der Waals surface area (Å²) >= 11 is 0. The van der Waals surface area contributed by atoms with Crippen molar-refractivity contribution >= 4 is 11.9 Å². The van der Waals surface area contributed by atoms with Gasteiger partial charge < -0.3 is 14.7 Å². The predicted molar refractivity (Wildman–Crippen MR) is 84.1 cm³/mol. The maximum Gasteiger partial charge on any atom is 0.358 e. The zero-order valence-electron chi connectivity index (χ0n) is 13.3. The van der Waals surface area contributed by atoms with Crippen molar-refractivity contribution in [3.05, 3.63) is 41.7 Å². The number of aromatic nitrogens is 3. The van der Waals surface area contributed by atoms with E-state index in [1.54, 1.807) is 23.1 Å². The third-order valence-corrected chi connectivity index (χ3v) is 4.12. The van der Waals surface area contributed by atoms with Gasteiger partial charge >= 0.3 is 5.97 Å². The molecular weight excluding hydrogens is 312 g/mol. The summed E-state index contributed by atoms with van der Waals surface area (Å²) in [6.45, 7) is 1.10. The first-order valence-electron chi connectivity index (χ1n) is 7.67. The number of methoxy groups -OCH3 is 1. The molecule has 1 amide bonds. The lowest BCUT2D eigenvalue weighted by Gasteiger charge is -2.32. The van der Waals surface area contributed by atoms with E-state index in [1.165, 1.54) is 18.0 Å². The SMILES string of the molecule is COc1ccccc1C(=O)N1CCCC(n2cc(C(=O)O)nn2)C1. The smallest absolute Gasteiger partial charge is 0.358 e. The largest absolute Gasteiger partial charge is 0.496 e. The molecule has 1 aliphatic heterocycles. The zero-order chi connectivity index (χ0) is 17.1. The Balaban J connectivity index is 1.77. The number of aromatic carboxylic acids is 1. The van der Waals surface area contributed by atoms with Gasteiger partial charge in [-0.05, 0) is 25.0 Å². The molecule has 1 N–H and O–H groups in total. The van der Waals surface area contributed by atoms with Gasteiger partial charge in [0.25, 0.3) is 5.91 Å². The third-order valence-electron chi connectivity index (χ3n) is 4.12. The minimum atomic E-state index is -1.11. The molecule has 1 aromatic carbocycles. The van der Waals surface area contributed by atoms with Gasteiger partial charge in [0.05, 0.1) is 24.9 Å². The fraction of sp³-hybridized carbons (Fsp3) is 0.375. The van der Waals surface area contributed by atoms with Gasteiger partial charge in [0.2, 0.25) is 0 Å². The molecule has 1 saturated heterocycles. The second-order valence-corrected chi connectivity index (χ2v) is 5.64. The van der Waals surface area contributed by atoms with Crippen LogP contribution < -0.4 is 4.74 Å². The van der Waals surface area contributed by atoms with Crippen molar-refractivity contribution in [3.8, 4) is 5.75 Å². The van der Waals surface area contributed by atoms with Crippen molar-refractivity contribution in [2.75, 3.05) is 20.2 Å². The monoisotopic (exact) mass is 330 g/mol. The minimum absolute atomic E-state index is 0.0852. The molecule has 0 aliphatic carbocycles. The highest BCUT2D eigenvalue weighted by atomic mass is 16.5. The summed E-state index contributed by atoms with van der Waals surface area (Å²) in [5.74, 6) is -0.673. The second kappa shape index (κ2) is 6.69. The normalized spacial score (nSPS) is 17.5. The average molecular weight is 330 g/mol. The maximum atomic E-state index is 12.8. The predicted octanol–water partition coefficient (Wildman–Crippen LogP) is 1.46. The Bertz CT molecular complexity index is 758. The molecule has 3 rings (SSSR count). The molecule has 0 radical (unpaired) electrons. The van der Waals surface area contributed by atoms with Gasteiger partial charge in [-0.3, -0.25) is 4.79 Å². The Morgan fingerprint density at radius 1 is 1.33 bits per heavy atom. The third kappa shape index (κ3) is 3.08. The van der Waals surface area contributed by atoms with Crippen LogP contribution in [0.1, 0.15) is 39.7 Å². The van der Waals surface area contributed by atoms with Crippen LogP contribution in [0.2, 0.25) is 0 Å². The number of likely N-dealkylation sites (tertiary alicyclic amines) is 1. The Morgan fingerprint density at radius 3 is 2.83 bits per heavy atom. The van der Waals surface area contributed by atoms with Crippen molar-refractivity contribution in [2.45, 2.75) is 18.9 Å². The summed E-state index contributed by atoms with van der Waals surface area (Å²) in [5, 5.41) is 16.5. The van der Waals surface area contributed by atoms with E-state index in [0.717, 1.165) is 12.8 Å². The number of hydrogen-bond acceptors (Lipinski definition) is 5. The zero-order valence-corrected chi connectivity index (χ0v) is 13.3. The van der Waals surface area contributed by atoms with E-state index in [2.05, 4.69) is 10.3 Å². The topological polar surface area (TPSA) is 97.5 Å². The van der Waals surface area contributed by atoms with Crippen LogP contribution in [0.15, 0.2) is 30.5 Å². The van der Waals surface area contributed by atoms with Crippen LogP contribution in [0.4, 0.5) is 0 Å². The first-order valence-corrected chi connectivity index (χ1v) is 7.67. The fourth-order valence-electron chi connectivity index (χ4n) is 2.90. The lowest BCUT2D eigenvalue weighted by atomic mass is 10.0. The lowest BCUT2D eigenvalue weighted by Crippen LogP contribution is -2.41. The number of para-hydroxylation sites is 1. The Morgan fingerprint density at radius 2 is 2.12 bits per heavy atom. The Kier molecular flexibility index (Phi) is 4.45. The van der Waals surface area contributed by atoms with E-state index in [0.29, 0.717) is 24.4 Å². The first kappa shape index (κ1) is 16.0. The number of carboxylic acids is 1. The lowest BCUT2D eigenvalue weighted by molar-refractivity contribution is 0.0663. The van der Waals surface area contributed by atoms with Gasteiger partial charge in [-0.15, -0.1) is 5.10 Å². The van der Waals surface area contributed by atoms with Gasteiger partial charge in [-0.1, -0.05) is 17.3 Å². The van der Waals surface area contributed by atoms with Crippen molar-refractivity contribution in [2.24, 2.45) is 0 Å². The number of carbonyl (C=O) groups is 2. The molecule has 2 heterocycles. The van der Waals surface area contributed by atoms with Gasteiger partial charge in [0.1, 0.15) is 5.75 Å². The van der Waals surface area contributed by atoms with Crippen LogP contribution in [-0.2, 0) is 0 Å². The van der Waals surface area contributed by atoms with E-state index in [4.69, 9.17) is 9.84 Å². The van der Waals surface area contributed by atoms with E-state index in [-0.39, 0.29) is 17.6 Å². The number of carboxylic acid groups (broad SMARTS) is 1. The second-order valence-electron chi connectivity index (χ2n) is 5.64. The average Bonchev–Trinajstić information content (AvgIpc) is 3.11. The van der Waals surface area contributed by atoms with Crippen LogP contribution in [0.5, 0.6) is 5.75 Å². The molecule has 8 nitrogen and oxygen atoms in total. The molecule has 1 unspecified atom stereocenters. The van der Waals surface area contributed by atoms with Gasteiger partial charge in [0, 0.05) is 13.1 Å². The molecule has 1 aromatic heterocycles. The van der Waals surface area contributed by atoms with Crippen molar-refractivity contribution in [1.82, 2.24) is 19.9 Å². The number of piperidine rings is 1. The highest BCUT2D eigenvalue weighted by Crippen LogP contribution is 2.25. The molecule has 0 saturated carbocycles. The Hall–Kier alpha value is -2.90. The summed E-state index contributed by atoms with van der Waals surface area (Å²) < 4.78 is 6.79. The van der Waals surface area contributed by atoms with Gasteiger partial charge in [-0.25, -0.2) is 9.48 Å². The van der Waals surface area contributed by atoms with Crippen LogP contribution in [0, 0.1) is 0 Å². The van der Waals surface area contributed by atoms with Crippen molar-refractivity contribution < 1.29 is 19.4 Å². The standard InChI is InChI=1S/C16H18N4O4/c1-24-14-7-3-2-6-12(14)15(21)19-8-4-5-11(9-19)20-10-13(16(22)23)17-18-20/h2-3,6-7,10-11H,4-5,8-9H2,1H3,(H,22,23). The van der Waals surface area contributed by atoms with E-state index in [9.17, 15) is 9.59 Å². The molecule has 8 heteroatoms. The number of rotatable bonds is 4. The number of carbonyl (C=O) groups excluding carboxylic acids is 1. The van der Waals surface area contributed by atoms with Crippen LogP contribution in [0.25, 0.3) is 0 Å². The van der Waals surface area contributed by atoms with Crippen LogP contribution in [0.3, 0.4) is 0 Å². The van der Waals surface area contributed by atoms with Crippen LogP contribution >= 0.6 is 0 Å². The highest BCUT2D eigenvalue weighted by Gasteiger charge is 2.28. The molecule has 24 heavy (non-hydrogen) atoms. The summed E-state index contributed by atoms with van der Waals surface area (Å²) in [7, 11) is 1.54. The highest BCUT2D eigenvalue weighted by molar-refractivity contribution is 5.97. The summed E-state index contributed by atoms with van der Waals surface area (Å²) in [6, 6.07) is 7.03. The molecule has 1 atom stereocenters. The summed E-state index contributed by atoms with van der Waals surface area (Å²) in [6.07, 6.45) is 3.04. The van der Waals surface area contributed by atoms with E-state index < -0.39 is 5.97 Å². The van der Waals surface area contributed by atoms with Gasteiger partial charge in [0.15, 0.2) is 5.69 Å². The molecular formula is C16H18N4O4. The number of ether oxygens (including phenoxy) is 1. The summed E-state index contributed by atoms with van der Waals surface area (Å²) in [5.41, 5.74) is 0.425. The first-order chi connectivity index (χ1) is 11.6. The van der Waals surface area contributed by atoms with Gasteiger partial charge in [-0.2, -0.15) is 0 Å². The molecule has 2 aromatic rings.